The van der Waals surface area contributed by atoms with Crippen LogP contribution in [0.25, 0.3) is 0 Å². The van der Waals surface area contributed by atoms with Gasteiger partial charge in [0.2, 0.25) is 11.8 Å². The Kier molecular flexibility index (Phi) is 5.03. The standard InChI is InChI=1S/C16H23N3O3/c1-11(20)18-13-6-5-12(9-14(13)22-2)19-15(21)16(10-17)7-3-4-8-16/h5-6,9H,3-4,7-8,10,17H2,1-2H3,(H,18,20)(H,19,21). The highest BCUT2D eigenvalue weighted by molar-refractivity contribution is 5.97. The first kappa shape index (κ1) is 16.3. The lowest BCUT2D eigenvalue weighted by Crippen LogP contribution is -2.40. The highest BCUT2D eigenvalue weighted by Gasteiger charge is 2.39. The number of nitrogens with one attached hydrogen (secondary N) is 2. The van der Waals surface area contributed by atoms with Crippen LogP contribution in [0.4, 0.5) is 11.4 Å². The molecule has 120 valence electrons. The van der Waals surface area contributed by atoms with Crippen LogP contribution in [-0.2, 0) is 9.59 Å². The second-order valence-electron chi connectivity index (χ2n) is 5.74. The first-order valence-corrected chi connectivity index (χ1v) is 7.48. The average molecular weight is 305 g/mol. The van der Waals surface area contributed by atoms with Gasteiger partial charge in [0.25, 0.3) is 0 Å². The lowest BCUT2D eigenvalue weighted by atomic mass is 9.85. The average Bonchev–Trinajstić information content (AvgIpc) is 2.98. The molecule has 1 fully saturated rings. The molecule has 6 nitrogen and oxygen atoms in total. The van der Waals surface area contributed by atoms with Crippen molar-refractivity contribution in [3.05, 3.63) is 18.2 Å². The third-order valence-electron chi connectivity index (χ3n) is 4.20. The summed E-state index contributed by atoms with van der Waals surface area (Å²) in [7, 11) is 1.52. The lowest BCUT2D eigenvalue weighted by molar-refractivity contribution is -0.124. The van der Waals surface area contributed by atoms with Crippen molar-refractivity contribution in [2.45, 2.75) is 32.6 Å². The fourth-order valence-corrected chi connectivity index (χ4v) is 2.90. The van der Waals surface area contributed by atoms with Gasteiger partial charge in [-0.2, -0.15) is 0 Å². The van der Waals surface area contributed by atoms with Crippen LogP contribution in [0.3, 0.4) is 0 Å². The van der Waals surface area contributed by atoms with Crippen molar-refractivity contribution >= 4 is 23.2 Å². The zero-order valence-corrected chi connectivity index (χ0v) is 13.1. The maximum atomic E-state index is 12.5. The Morgan fingerprint density at radius 3 is 2.50 bits per heavy atom. The molecule has 0 aromatic heterocycles. The third-order valence-corrected chi connectivity index (χ3v) is 4.20. The minimum Gasteiger partial charge on any atom is -0.494 e. The SMILES string of the molecule is COc1cc(NC(=O)C2(CN)CCCC2)ccc1NC(C)=O. The quantitative estimate of drug-likeness (QED) is 0.776. The van der Waals surface area contributed by atoms with Crippen LogP contribution in [0.5, 0.6) is 5.75 Å². The molecule has 0 unspecified atom stereocenters. The fraction of sp³-hybridized carbons (Fsp3) is 0.500. The highest BCUT2D eigenvalue weighted by Crippen LogP contribution is 2.38. The molecule has 1 saturated carbocycles. The summed E-state index contributed by atoms with van der Waals surface area (Å²) in [5.74, 6) is 0.283. The molecule has 0 heterocycles. The second-order valence-corrected chi connectivity index (χ2v) is 5.74. The molecule has 22 heavy (non-hydrogen) atoms. The molecule has 2 amide bonds. The van der Waals surface area contributed by atoms with E-state index < -0.39 is 5.41 Å². The molecule has 0 bridgehead atoms. The van der Waals surface area contributed by atoms with E-state index in [0.29, 0.717) is 23.7 Å². The van der Waals surface area contributed by atoms with Crippen LogP contribution in [0.2, 0.25) is 0 Å². The molecule has 0 atom stereocenters. The predicted octanol–water partition coefficient (Wildman–Crippen LogP) is 2.11. The van der Waals surface area contributed by atoms with Crippen LogP contribution >= 0.6 is 0 Å². The summed E-state index contributed by atoms with van der Waals surface area (Å²) >= 11 is 0. The van der Waals surface area contributed by atoms with E-state index in [2.05, 4.69) is 10.6 Å². The number of nitrogens with two attached hydrogens (primary N) is 1. The van der Waals surface area contributed by atoms with Gasteiger partial charge in [-0.1, -0.05) is 12.8 Å². The summed E-state index contributed by atoms with van der Waals surface area (Å²) < 4.78 is 5.25. The van der Waals surface area contributed by atoms with E-state index in [4.69, 9.17) is 10.5 Å². The summed E-state index contributed by atoms with van der Waals surface area (Å²) in [5, 5.41) is 5.60. The maximum Gasteiger partial charge on any atom is 0.231 e. The maximum absolute atomic E-state index is 12.5. The van der Waals surface area contributed by atoms with Gasteiger partial charge in [-0.3, -0.25) is 9.59 Å². The number of carbonyl (C=O) groups is 2. The smallest absolute Gasteiger partial charge is 0.231 e. The van der Waals surface area contributed by atoms with Crippen LogP contribution in [0.1, 0.15) is 32.6 Å². The summed E-state index contributed by atoms with van der Waals surface area (Å²) in [6, 6.07) is 5.15. The highest BCUT2D eigenvalue weighted by atomic mass is 16.5. The van der Waals surface area contributed by atoms with Gasteiger partial charge in [-0.05, 0) is 25.0 Å². The van der Waals surface area contributed by atoms with E-state index in [1.54, 1.807) is 18.2 Å². The van der Waals surface area contributed by atoms with Crippen molar-refractivity contribution in [1.82, 2.24) is 0 Å². The molecule has 0 saturated heterocycles. The van der Waals surface area contributed by atoms with Gasteiger partial charge in [0.1, 0.15) is 5.75 Å². The molecule has 1 aliphatic carbocycles. The number of rotatable bonds is 5. The Bertz CT molecular complexity index is 566. The Morgan fingerprint density at radius 1 is 1.27 bits per heavy atom. The number of ether oxygens (including phenoxy) is 1. The van der Waals surface area contributed by atoms with Crippen molar-refractivity contribution < 1.29 is 14.3 Å². The number of methoxy groups -OCH3 is 1. The van der Waals surface area contributed by atoms with Gasteiger partial charge in [-0.25, -0.2) is 0 Å². The Balaban J connectivity index is 2.16. The van der Waals surface area contributed by atoms with E-state index in [1.165, 1.54) is 14.0 Å². The zero-order valence-electron chi connectivity index (χ0n) is 13.1. The molecule has 0 spiro atoms. The first-order chi connectivity index (χ1) is 10.5. The molecule has 1 aliphatic rings. The molecule has 0 radical (unpaired) electrons. The van der Waals surface area contributed by atoms with Gasteiger partial charge >= 0.3 is 0 Å². The van der Waals surface area contributed by atoms with Crippen LogP contribution in [0, 0.1) is 5.41 Å². The predicted molar refractivity (Wildman–Crippen MR) is 85.9 cm³/mol. The topological polar surface area (TPSA) is 93.4 Å². The van der Waals surface area contributed by atoms with E-state index in [0.717, 1.165) is 25.7 Å². The van der Waals surface area contributed by atoms with Crippen molar-refractivity contribution in [3.8, 4) is 5.75 Å². The van der Waals surface area contributed by atoms with E-state index in [-0.39, 0.29) is 11.8 Å². The molecule has 1 aromatic carbocycles. The van der Waals surface area contributed by atoms with Crippen molar-refractivity contribution in [2.75, 3.05) is 24.3 Å². The molecular formula is C16H23N3O3. The largest absolute Gasteiger partial charge is 0.494 e. The van der Waals surface area contributed by atoms with Crippen LogP contribution < -0.4 is 21.1 Å². The minimum atomic E-state index is -0.455. The number of amides is 2. The van der Waals surface area contributed by atoms with Gasteiger partial charge in [-0.15, -0.1) is 0 Å². The number of hydrogen-bond donors (Lipinski definition) is 3. The number of benzene rings is 1. The van der Waals surface area contributed by atoms with Gasteiger partial charge < -0.3 is 21.1 Å². The summed E-state index contributed by atoms with van der Waals surface area (Å²) in [4.78, 5) is 23.7. The molecular weight excluding hydrogens is 282 g/mol. The summed E-state index contributed by atoms with van der Waals surface area (Å²) in [6.07, 6.45) is 3.73. The normalized spacial score (nSPS) is 16.1. The summed E-state index contributed by atoms with van der Waals surface area (Å²) in [6.45, 7) is 1.79. The number of anilines is 2. The Morgan fingerprint density at radius 2 is 1.95 bits per heavy atom. The minimum absolute atomic E-state index is 0.0400. The monoisotopic (exact) mass is 305 g/mol. The summed E-state index contributed by atoms with van der Waals surface area (Å²) in [5.41, 5.74) is 6.58. The van der Waals surface area contributed by atoms with Crippen LogP contribution in [0.15, 0.2) is 18.2 Å². The third kappa shape index (κ3) is 3.39. The fourth-order valence-electron chi connectivity index (χ4n) is 2.90. The van der Waals surface area contributed by atoms with Crippen molar-refractivity contribution in [3.63, 3.8) is 0 Å². The Labute approximate surface area is 130 Å². The number of carbonyl (C=O) groups excluding carboxylic acids is 2. The van der Waals surface area contributed by atoms with E-state index in [9.17, 15) is 9.59 Å². The lowest BCUT2D eigenvalue weighted by Gasteiger charge is -2.26. The van der Waals surface area contributed by atoms with Crippen molar-refractivity contribution in [2.24, 2.45) is 11.1 Å². The molecule has 1 aromatic rings. The second kappa shape index (κ2) is 6.79. The molecule has 2 rings (SSSR count). The number of hydrogen-bond acceptors (Lipinski definition) is 4. The molecule has 0 aliphatic heterocycles. The van der Waals surface area contributed by atoms with Gasteiger partial charge in [0.05, 0.1) is 18.2 Å². The van der Waals surface area contributed by atoms with Gasteiger partial charge in [0.15, 0.2) is 0 Å². The molecule has 6 heteroatoms. The van der Waals surface area contributed by atoms with E-state index >= 15 is 0 Å². The zero-order chi connectivity index (χ0) is 16.2. The Hall–Kier alpha value is -2.08. The van der Waals surface area contributed by atoms with Crippen LogP contribution in [-0.4, -0.2) is 25.5 Å². The van der Waals surface area contributed by atoms with Crippen molar-refractivity contribution in [1.29, 1.82) is 0 Å². The first-order valence-electron chi connectivity index (χ1n) is 7.48. The van der Waals surface area contributed by atoms with E-state index in [1.807, 2.05) is 0 Å². The molecule has 4 N–H and O–H groups in total. The van der Waals surface area contributed by atoms with Gasteiger partial charge in [0, 0.05) is 25.2 Å².